The Morgan fingerprint density at radius 1 is 1.23 bits per heavy atom. The van der Waals surface area contributed by atoms with Crippen molar-refractivity contribution in [1.82, 2.24) is 0 Å². The van der Waals surface area contributed by atoms with Gasteiger partial charge in [0.05, 0.1) is 0 Å². The van der Waals surface area contributed by atoms with Crippen LogP contribution in [0.5, 0.6) is 0 Å². The molecule has 3 atom stereocenters. The Balaban J connectivity index is 2.21. The number of rotatable bonds is 0. The van der Waals surface area contributed by atoms with Crippen LogP contribution in [0.3, 0.4) is 0 Å². The van der Waals surface area contributed by atoms with Crippen LogP contribution in [0.15, 0.2) is 11.6 Å². The summed E-state index contributed by atoms with van der Waals surface area (Å²) < 4.78 is 0. The van der Waals surface area contributed by atoms with Gasteiger partial charge in [-0.1, -0.05) is 19.4 Å². The van der Waals surface area contributed by atoms with Crippen LogP contribution in [0.2, 0.25) is 0 Å². The first kappa shape index (κ1) is 8.98. The lowest BCUT2D eigenvalue weighted by Gasteiger charge is -2.35. The lowest BCUT2D eigenvalue weighted by Crippen LogP contribution is -2.27. The van der Waals surface area contributed by atoms with Gasteiger partial charge >= 0.3 is 0 Å². The van der Waals surface area contributed by atoms with E-state index in [0.29, 0.717) is 11.7 Å². The van der Waals surface area contributed by atoms with E-state index in [0.717, 1.165) is 18.3 Å². The Morgan fingerprint density at radius 3 is 2.77 bits per heavy atom. The quantitative estimate of drug-likeness (QED) is 0.557. The highest BCUT2D eigenvalue weighted by molar-refractivity contribution is 5.91. The van der Waals surface area contributed by atoms with E-state index in [-0.39, 0.29) is 0 Å². The highest BCUT2D eigenvalue weighted by atomic mass is 16.1. The molecule has 2 rings (SSSR count). The Labute approximate surface area is 80.2 Å². The van der Waals surface area contributed by atoms with Gasteiger partial charge in [-0.15, -0.1) is 0 Å². The molecular weight excluding hydrogens is 160 g/mol. The summed E-state index contributed by atoms with van der Waals surface area (Å²) in [7, 11) is 0. The molecule has 0 aromatic carbocycles. The van der Waals surface area contributed by atoms with Crippen molar-refractivity contribution in [2.75, 3.05) is 0 Å². The average Bonchev–Trinajstić information content (AvgIpc) is 2.02. The van der Waals surface area contributed by atoms with Crippen LogP contribution in [0, 0.1) is 17.8 Å². The third-order valence-electron chi connectivity index (χ3n) is 3.59. The molecule has 13 heavy (non-hydrogen) atoms. The van der Waals surface area contributed by atoms with Crippen LogP contribution >= 0.6 is 0 Å². The average molecular weight is 178 g/mol. The smallest absolute Gasteiger partial charge is 0.155 e. The summed E-state index contributed by atoms with van der Waals surface area (Å²) in [5.41, 5.74) is 1.45. The van der Waals surface area contributed by atoms with Gasteiger partial charge in [0.2, 0.25) is 0 Å². The van der Waals surface area contributed by atoms with Crippen LogP contribution in [0.25, 0.3) is 0 Å². The maximum absolute atomic E-state index is 11.4. The van der Waals surface area contributed by atoms with Gasteiger partial charge in [-0.25, -0.2) is 0 Å². The first-order valence-corrected chi connectivity index (χ1v) is 5.40. The molecule has 0 unspecified atom stereocenters. The minimum atomic E-state index is 0.354. The van der Waals surface area contributed by atoms with Gasteiger partial charge in [-0.05, 0) is 43.1 Å². The van der Waals surface area contributed by atoms with E-state index in [4.69, 9.17) is 0 Å². The summed E-state index contributed by atoms with van der Waals surface area (Å²) in [6.45, 7) is 4.52. The number of carbonyl (C=O) groups is 1. The molecule has 0 bridgehead atoms. The number of hydrogen-bond acceptors (Lipinski definition) is 1. The number of hydrogen-bond donors (Lipinski definition) is 0. The van der Waals surface area contributed by atoms with Crippen molar-refractivity contribution in [1.29, 1.82) is 0 Å². The fourth-order valence-corrected chi connectivity index (χ4v) is 2.85. The molecule has 0 N–H and O–H groups in total. The zero-order chi connectivity index (χ0) is 9.42. The van der Waals surface area contributed by atoms with Gasteiger partial charge in [0.25, 0.3) is 0 Å². The Kier molecular flexibility index (Phi) is 2.27. The molecule has 1 heteroatoms. The molecule has 0 radical (unpaired) electrons. The monoisotopic (exact) mass is 178 g/mol. The summed E-state index contributed by atoms with van der Waals surface area (Å²) in [5.74, 6) is 2.47. The molecule has 1 fully saturated rings. The van der Waals surface area contributed by atoms with Crippen LogP contribution in [-0.2, 0) is 4.79 Å². The largest absolute Gasteiger partial charge is 0.295 e. The Hall–Kier alpha value is -0.590. The van der Waals surface area contributed by atoms with Gasteiger partial charge in [-0.2, -0.15) is 0 Å². The van der Waals surface area contributed by atoms with Gasteiger partial charge in [0.1, 0.15) is 0 Å². The lowest BCUT2D eigenvalue weighted by molar-refractivity contribution is -0.116. The van der Waals surface area contributed by atoms with E-state index in [9.17, 15) is 4.79 Å². The van der Waals surface area contributed by atoms with Crippen molar-refractivity contribution >= 4 is 5.78 Å². The fraction of sp³-hybridized carbons (Fsp3) is 0.750. The molecule has 0 aromatic rings. The SMILES string of the molecule is C[C@H]1CC[C@H]2C(=CC(=O)C[C@@H]2C)C1. The third-order valence-corrected chi connectivity index (χ3v) is 3.59. The molecule has 72 valence electrons. The lowest BCUT2D eigenvalue weighted by atomic mass is 9.69. The molecule has 0 aromatic heterocycles. The molecule has 2 aliphatic rings. The van der Waals surface area contributed by atoms with Crippen LogP contribution < -0.4 is 0 Å². The zero-order valence-electron chi connectivity index (χ0n) is 8.55. The van der Waals surface area contributed by atoms with E-state index in [1.54, 1.807) is 0 Å². The van der Waals surface area contributed by atoms with Crippen molar-refractivity contribution in [3.8, 4) is 0 Å². The summed E-state index contributed by atoms with van der Waals surface area (Å²) >= 11 is 0. The van der Waals surface area contributed by atoms with Crippen molar-refractivity contribution < 1.29 is 4.79 Å². The second kappa shape index (κ2) is 3.28. The van der Waals surface area contributed by atoms with E-state index in [1.807, 2.05) is 6.08 Å². The second-order valence-electron chi connectivity index (χ2n) is 4.86. The van der Waals surface area contributed by atoms with Crippen LogP contribution in [0.1, 0.15) is 39.5 Å². The Morgan fingerprint density at radius 2 is 2.00 bits per heavy atom. The molecule has 0 heterocycles. The Bertz CT molecular complexity index is 252. The third kappa shape index (κ3) is 1.70. The highest BCUT2D eigenvalue weighted by Gasteiger charge is 2.31. The van der Waals surface area contributed by atoms with Gasteiger partial charge in [0, 0.05) is 6.42 Å². The minimum absolute atomic E-state index is 0.354. The molecule has 0 saturated heterocycles. The van der Waals surface area contributed by atoms with Gasteiger partial charge in [0.15, 0.2) is 5.78 Å². The summed E-state index contributed by atoms with van der Waals surface area (Å²) in [5, 5.41) is 0. The zero-order valence-corrected chi connectivity index (χ0v) is 8.55. The molecule has 0 spiro atoms. The van der Waals surface area contributed by atoms with Gasteiger partial charge < -0.3 is 0 Å². The normalized spacial score (nSPS) is 39.7. The second-order valence-corrected chi connectivity index (χ2v) is 4.86. The standard InChI is InChI=1S/C12H18O/c1-8-3-4-12-9(2)6-11(13)7-10(12)5-8/h7-9,12H,3-6H2,1-2H3/t8-,9-,12+/m0/s1. The maximum atomic E-state index is 11.4. The topological polar surface area (TPSA) is 17.1 Å². The summed E-state index contributed by atoms with van der Waals surface area (Å²) in [6.07, 6.45) is 6.53. The predicted molar refractivity (Wildman–Crippen MR) is 53.4 cm³/mol. The fourth-order valence-electron chi connectivity index (χ4n) is 2.85. The molecule has 0 aliphatic heterocycles. The number of ketones is 1. The maximum Gasteiger partial charge on any atom is 0.155 e. The summed E-state index contributed by atoms with van der Waals surface area (Å²) in [6, 6.07) is 0. The van der Waals surface area contributed by atoms with Crippen molar-refractivity contribution in [3.63, 3.8) is 0 Å². The number of fused-ring (bicyclic) bond motifs is 1. The molecule has 1 nitrogen and oxygen atoms in total. The first-order chi connectivity index (χ1) is 6.16. The molecule has 0 amide bonds. The van der Waals surface area contributed by atoms with E-state index in [2.05, 4.69) is 13.8 Å². The summed E-state index contributed by atoms with van der Waals surface area (Å²) in [4.78, 5) is 11.4. The van der Waals surface area contributed by atoms with Crippen molar-refractivity contribution in [2.45, 2.75) is 39.5 Å². The van der Waals surface area contributed by atoms with Crippen molar-refractivity contribution in [2.24, 2.45) is 17.8 Å². The van der Waals surface area contributed by atoms with Crippen LogP contribution in [0.4, 0.5) is 0 Å². The number of carbonyl (C=O) groups excluding carboxylic acids is 1. The highest BCUT2D eigenvalue weighted by Crippen LogP contribution is 2.41. The molecule has 2 aliphatic carbocycles. The van der Waals surface area contributed by atoms with E-state index < -0.39 is 0 Å². The van der Waals surface area contributed by atoms with Crippen molar-refractivity contribution in [3.05, 3.63) is 11.6 Å². The van der Waals surface area contributed by atoms with E-state index >= 15 is 0 Å². The molecule has 1 saturated carbocycles. The van der Waals surface area contributed by atoms with Gasteiger partial charge in [-0.3, -0.25) is 4.79 Å². The first-order valence-electron chi connectivity index (χ1n) is 5.40. The minimum Gasteiger partial charge on any atom is -0.295 e. The molecular formula is C12H18O. The number of allylic oxidation sites excluding steroid dienone is 2. The van der Waals surface area contributed by atoms with Crippen LogP contribution in [-0.4, -0.2) is 5.78 Å². The van der Waals surface area contributed by atoms with E-state index in [1.165, 1.54) is 24.8 Å². The predicted octanol–water partition coefficient (Wildman–Crippen LogP) is 2.96.